The van der Waals surface area contributed by atoms with Crippen LogP contribution in [0, 0.1) is 11.7 Å². The molecule has 2 aliphatic heterocycles. The van der Waals surface area contributed by atoms with Gasteiger partial charge in [0.15, 0.2) is 0 Å². The molecule has 0 amide bonds. The molecule has 8 heteroatoms. The number of carboxylic acid groups (broad SMARTS) is 1. The Labute approximate surface area is 132 Å². The van der Waals surface area contributed by atoms with E-state index in [2.05, 4.69) is 0 Å². The van der Waals surface area contributed by atoms with E-state index in [4.69, 9.17) is 11.6 Å². The van der Waals surface area contributed by atoms with Crippen molar-refractivity contribution < 1.29 is 22.7 Å². The molecule has 1 N–H and O–H groups in total. The predicted octanol–water partition coefficient (Wildman–Crippen LogP) is 2.25. The molecule has 2 heterocycles. The van der Waals surface area contributed by atoms with E-state index in [-0.39, 0.29) is 16.6 Å². The fraction of sp³-hybridized carbons (Fsp3) is 0.500. The molecule has 1 aromatic carbocycles. The molecule has 0 radical (unpaired) electrons. The zero-order chi connectivity index (χ0) is 16.1. The van der Waals surface area contributed by atoms with E-state index in [0.29, 0.717) is 19.3 Å². The standard InChI is InChI=1S/C14H15ClFNO4S/c15-9-1-3-12(16)8(5-9)7-22(20,21)17-10-2-4-13(17)11(6-10)14(18)19/h1,3,5,10-11,13H,2,4,6-7H2,(H,18,19). The molecule has 0 aliphatic carbocycles. The second kappa shape index (κ2) is 5.47. The summed E-state index contributed by atoms with van der Waals surface area (Å²) >= 11 is 5.79. The van der Waals surface area contributed by atoms with Crippen LogP contribution in [0.15, 0.2) is 18.2 Å². The SMILES string of the molecule is O=C(O)C1CC2CCC1N2S(=O)(=O)Cc1cc(Cl)ccc1F. The van der Waals surface area contributed by atoms with E-state index < -0.39 is 39.5 Å². The zero-order valence-corrected chi connectivity index (χ0v) is 13.1. The van der Waals surface area contributed by atoms with Crippen LogP contribution in [0.25, 0.3) is 0 Å². The van der Waals surface area contributed by atoms with Crippen LogP contribution in [0.2, 0.25) is 5.02 Å². The Balaban J connectivity index is 1.88. The summed E-state index contributed by atoms with van der Waals surface area (Å²) in [6.45, 7) is 0. The zero-order valence-electron chi connectivity index (χ0n) is 11.6. The maximum atomic E-state index is 13.8. The van der Waals surface area contributed by atoms with Gasteiger partial charge in [0.25, 0.3) is 0 Å². The van der Waals surface area contributed by atoms with Crippen LogP contribution < -0.4 is 0 Å². The van der Waals surface area contributed by atoms with Gasteiger partial charge in [-0.2, -0.15) is 4.31 Å². The molecule has 120 valence electrons. The topological polar surface area (TPSA) is 74.7 Å². The Morgan fingerprint density at radius 1 is 1.41 bits per heavy atom. The van der Waals surface area contributed by atoms with Crippen LogP contribution in [-0.2, 0) is 20.6 Å². The molecule has 3 rings (SSSR count). The first-order valence-corrected chi connectivity index (χ1v) is 8.96. The highest BCUT2D eigenvalue weighted by atomic mass is 35.5. The molecule has 3 unspecified atom stereocenters. The number of benzene rings is 1. The van der Waals surface area contributed by atoms with E-state index in [9.17, 15) is 22.7 Å². The third-order valence-corrected chi connectivity index (χ3v) is 6.58. The van der Waals surface area contributed by atoms with Gasteiger partial charge in [0.05, 0.1) is 11.7 Å². The molecular weight excluding hydrogens is 333 g/mol. The highest BCUT2D eigenvalue weighted by Gasteiger charge is 2.54. The van der Waals surface area contributed by atoms with E-state index >= 15 is 0 Å². The van der Waals surface area contributed by atoms with Gasteiger partial charge in [0.2, 0.25) is 10.0 Å². The number of rotatable bonds is 4. The van der Waals surface area contributed by atoms with E-state index in [1.807, 2.05) is 0 Å². The lowest BCUT2D eigenvalue weighted by molar-refractivity contribution is -0.142. The third kappa shape index (κ3) is 2.61. The fourth-order valence-electron chi connectivity index (χ4n) is 3.56. The largest absolute Gasteiger partial charge is 0.481 e. The smallest absolute Gasteiger partial charge is 0.308 e. The Kier molecular flexibility index (Phi) is 3.91. The van der Waals surface area contributed by atoms with Gasteiger partial charge < -0.3 is 5.11 Å². The van der Waals surface area contributed by atoms with Crippen molar-refractivity contribution >= 4 is 27.6 Å². The van der Waals surface area contributed by atoms with Gasteiger partial charge in [-0.05, 0) is 37.5 Å². The van der Waals surface area contributed by atoms with Gasteiger partial charge in [-0.25, -0.2) is 12.8 Å². The monoisotopic (exact) mass is 347 g/mol. The normalized spacial score (nSPS) is 28.2. The molecule has 0 aromatic heterocycles. The summed E-state index contributed by atoms with van der Waals surface area (Å²) < 4.78 is 40.3. The van der Waals surface area contributed by atoms with Gasteiger partial charge >= 0.3 is 5.97 Å². The number of fused-ring (bicyclic) bond motifs is 2. The first-order valence-electron chi connectivity index (χ1n) is 6.97. The van der Waals surface area contributed by atoms with E-state index in [0.717, 1.165) is 6.07 Å². The molecule has 3 atom stereocenters. The second-order valence-electron chi connectivity index (χ2n) is 5.80. The molecule has 22 heavy (non-hydrogen) atoms. The number of carboxylic acids is 1. The minimum atomic E-state index is -3.78. The maximum absolute atomic E-state index is 13.8. The van der Waals surface area contributed by atoms with Gasteiger partial charge in [-0.3, -0.25) is 4.79 Å². The molecule has 0 saturated carbocycles. The van der Waals surface area contributed by atoms with Crippen molar-refractivity contribution in [2.45, 2.75) is 37.1 Å². The van der Waals surface area contributed by atoms with Crippen molar-refractivity contribution in [1.82, 2.24) is 4.31 Å². The molecule has 2 fully saturated rings. The summed E-state index contributed by atoms with van der Waals surface area (Å²) in [5, 5.41) is 9.45. The first kappa shape index (κ1) is 15.7. The lowest BCUT2D eigenvalue weighted by Crippen LogP contribution is -2.38. The van der Waals surface area contributed by atoms with Crippen LogP contribution >= 0.6 is 11.6 Å². The van der Waals surface area contributed by atoms with Crippen LogP contribution in [0.1, 0.15) is 24.8 Å². The first-order chi connectivity index (χ1) is 10.3. The van der Waals surface area contributed by atoms with Gasteiger partial charge in [-0.15, -0.1) is 0 Å². The highest BCUT2D eigenvalue weighted by Crippen LogP contribution is 2.44. The average molecular weight is 348 g/mol. The molecule has 0 spiro atoms. The minimum Gasteiger partial charge on any atom is -0.481 e. The Morgan fingerprint density at radius 3 is 2.77 bits per heavy atom. The van der Waals surface area contributed by atoms with Gasteiger partial charge in [0.1, 0.15) is 5.82 Å². The molecule has 5 nitrogen and oxygen atoms in total. The Bertz CT molecular complexity index is 724. The second-order valence-corrected chi connectivity index (χ2v) is 8.11. The van der Waals surface area contributed by atoms with Crippen LogP contribution in [0.4, 0.5) is 4.39 Å². The summed E-state index contributed by atoms with van der Waals surface area (Å²) in [4.78, 5) is 11.2. The Morgan fingerprint density at radius 2 is 2.14 bits per heavy atom. The van der Waals surface area contributed by atoms with Crippen LogP contribution in [-0.4, -0.2) is 35.9 Å². The number of carbonyl (C=O) groups is 1. The van der Waals surface area contributed by atoms with E-state index in [1.165, 1.54) is 16.4 Å². The van der Waals surface area contributed by atoms with Crippen molar-refractivity contribution in [1.29, 1.82) is 0 Å². The van der Waals surface area contributed by atoms with E-state index in [1.54, 1.807) is 0 Å². The number of aliphatic carboxylic acids is 1. The molecule has 2 aliphatic rings. The summed E-state index contributed by atoms with van der Waals surface area (Å²) in [6.07, 6.45) is 1.53. The quantitative estimate of drug-likeness (QED) is 0.906. The fourth-order valence-corrected chi connectivity index (χ4v) is 5.83. The van der Waals surface area contributed by atoms with Crippen molar-refractivity contribution in [2.75, 3.05) is 0 Å². The highest BCUT2D eigenvalue weighted by molar-refractivity contribution is 7.88. The maximum Gasteiger partial charge on any atom is 0.308 e. The van der Waals surface area contributed by atoms with Crippen molar-refractivity contribution in [3.8, 4) is 0 Å². The lowest BCUT2D eigenvalue weighted by Gasteiger charge is -2.22. The number of hydrogen-bond donors (Lipinski definition) is 1. The summed E-state index contributed by atoms with van der Waals surface area (Å²) in [5.41, 5.74) is 0.00525. The van der Waals surface area contributed by atoms with Crippen LogP contribution in [0.3, 0.4) is 0 Å². The molecule has 2 saturated heterocycles. The summed E-state index contributed by atoms with van der Waals surface area (Å²) in [7, 11) is -3.78. The average Bonchev–Trinajstić information content (AvgIpc) is 3.01. The number of nitrogens with zero attached hydrogens (tertiary/aromatic N) is 1. The van der Waals surface area contributed by atoms with Gasteiger partial charge in [-0.1, -0.05) is 11.6 Å². The molecule has 1 aromatic rings. The molecular formula is C14H15ClFNO4S. The third-order valence-electron chi connectivity index (χ3n) is 4.46. The Hall–Kier alpha value is -1.18. The summed E-state index contributed by atoms with van der Waals surface area (Å²) in [5.74, 6) is -2.77. The minimum absolute atomic E-state index is 0.00525. The number of halogens is 2. The number of hydrogen-bond acceptors (Lipinski definition) is 3. The van der Waals surface area contributed by atoms with Crippen LogP contribution in [0.5, 0.6) is 0 Å². The van der Waals surface area contributed by atoms with Crippen molar-refractivity contribution in [3.63, 3.8) is 0 Å². The van der Waals surface area contributed by atoms with Crippen molar-refractivity contribution in [2.24, 2.45) is 5.92 Å². The molecule has 2 bridgehead atoms. The summed E-state index contributed by atoms with van der Waals surface area (Å²) in [6, 6.07) is 2.97. The van der Waals surface area contributed by atoms with Crippen molar-refractivity contribution in [3.05, 3.63) is 34.6 Å². The predicted molar refractivity (Wildman–Crippen MR) is 78.4 cm³/mol. The number of sulfonamides is 1. The van der Waals surface area contributed by atoms with Gasteiger partial charge in [0, 0.05) is 22.7 Å². The lowest BCUT2D eigenvalue weighted by atomic mass is 9.89.